The van der Waals surface area contributed by atoms with Gasteiger partial charge in [0.1, 0.15) is 0 Å². The number of rotatable bonds is 3. The van der Waals surface area contributed by atoms with E-state index >= 15 is 0 Å². The average molecular weight is 219 g/mol. The SMILES string of the molecule is CCc1ccc2c(c1)C(CC(=O)O)NC2=O. The molecule has 0 aliphatic carbocycles. The van der Waals surface area contributed by atoms with Gasteiger partial charge in [-0.15, -0.1) is 0 Å². The zero-order valence-electron chi connectivity index (χ0n) is 8.99. The van der Waals surface area contributed by atoms with Gasteiger partial charge in [-0.25, -0.2) is 0 Å². The molecule has 0 saturated carbocycles. The van der Waals surface area contributed by atoms with Crippen molar-refractivity contribution in [2.24, 2.45) is 0 Å². The fourth-order valence-corrected chi connectivity index (χ4v) is 1.98. The van der Waals surface area contributed by atoms with Crippen LogP contribution in [0.25, 0.3) is 0 Å². The molecule has 1 aliphatic heterocycles. The molecule has 0 saturated heterocycles. The molecule has 1 unspecified atom stereocenters. The van der Waals surface area contributed by atoms with Crippen molar-refractivity contribution in [2.45, 2.75) is 25.8 Å². The third kappa shape index (κ3) is 1.78. The highest BCUT2D eigenvalue weighted by Crippen LogP contribution is 2.28. The average Bonchev–Trinajstić information content (AvgIpc) is 2.54. The number of fused-ring (bicyclic) bond motifs is 1. The van der Waals surface area contributed by atoms with Crippen LogP contribution in [-0.4, -0.2) is 17.0 Å². The second-order valence-corrected chi connectivity index (χ2v) is 3.90. The number of aliphatic carboxylic acids is 1. The second kappa shape index (κ2) is 3.96. The number of hydrogen-bond acceptors (Lipinski definition) is 2. The van der Waals surface area contributed by atoms with Crippen molar-refractivity contribution in [3.8, 4) is 0 Å². The number of hydrogen-bond donors (Lipinski definition) is 2. The van der Waals surface area contributed by atoms with Gasteiger partial charge in [-0.05, 0) is 23.6 Å². The summed E-state index contributed by atoms with van der Waals surface area (Å²) in [6, 6.07) is 5.21. The van der Waals surface area contributed by atoms with E-state index in [4.69, 9.17) is 5.11 Å². The molecule has 2 N–H and O–H groups in total. The van der Waals surface area contributed by atoms with Crippen molar-refractivity contribution in [1.82, 2.24) is 5.32 Å². The lowest BCUT2D eigenvalue weighted by Crippen LogP contribution is -2.21. The molecule has 0 spiro atoms. The van der Waals surface area contributed by atoms with Crippen LogP contribution in [0.4, 0.5) is 0 Å². The lowest BCUT2D eigenvalue weighted by molar-refractivity contribution is -0.137. The van der Waals surface area contributed by atoms with E-state index in [1.807, 2.05) is 19.1 Å². The highest BCUT2D eigenvalue weighted by molar-refractivity contribution is 5.99. The van der Waals surface area contributed by atoms with Crippen LogP contribution in [0.5, 0.6) is 0 Å². The Morgan fingerprint density at radius 1 is 1.50 bits per heavy atom. The van der Waals surface area contributed by atoms with E-state index < -0.39 is 5.97 Å². The summed E-state index contributed by atoms with van der Waals surface area (Å²) in [6.45, 7) is 2.03. The van der Waals surface area contributed by atoms with Crippen molar-refractivity contribution in [3.05, 3.63) is 34.9 Å². The monoisotopic (exact) mass is 219 g/mol. The first-order valence-corrected chi connectivity index (χ1v) is 5.27. The van der Waals surface area contributed by atoms with Crippen molar-refractivity contribution in [2.75, 3.05) is 0 Å². The highest BCUT2D eigenvalue weighted by Gasteiger charge is 2.29. The smallest absolute Gasteiger partial charge is 0.305 e. The van der Waals surface area contributed by atoms with Gasteiger partial charge in [-0.3, -0.25) is 9.59 Å². The molecular weight excluding hydrogens is 206 g/mol. The van der Waals surface area contributed by atoms with Gasteiger partial charge >= 0.3 is 5.97 Å². The predicted molar refractivity (Wildman–Crippen MR) is 58.3 cm³/mol. The summed E-state index contributed by atoms with van der Waals surface area (Å²) in [5.74, 6) is -1.08. The minimum absolute atomic E-state index is 0.0636. The molecule has 0 bridgehead atoms. The first-order valence-electron chi connectivity index (χ1n) is 5.27. The van der Waals surface area contributed by atoms with Crippen LogP contribution in [-0.2, 0) is 11.2 Å². The number of carboxylic acids is 1. The maximum Gasteiger partial charge on any atom is 0.305 e. The topological polar surface area (TPSA) is 66.4 Å². The van der Waals surface area contributed by atoms with E-state index in [1.165, 1.54) is 0 Å². The molecule has 1 amide bonds. The highest BCUT2D eigenvalue weighted by atomic mass is 16.4. The zero-order valence-corrected chi connectivity index (χ0v) is 8.99. The van der Waals surface area contributed by atoms with Gasteiger partial charge in [-0.1, -0.05) is 19.1 Å². The van der Waals surface area contributed by atoms with Crippen LogP contribution in [0.3, 0.4) is 0 Å². The number of amides is 1. The molecule has 16 heavy (non-hydrogen) atoms. The number of carbonyl (C=O) groups is 2. The standard InChI is InChI=1S/C12H13NO3/c1-2-7-3-4-8-9(5-7)10(6-11(14)15)13-12(8)16/h3-5,10H,2,6H2,1H3,(H,13,16)(H,14,15). The summed E-state index contributed by atoms with van der Waals surface area (Å²) >= 11 is 0. The largest absolute Gasteiger partial charge is 0.481 e. The quantitative estimate of drug-likeness (QED) is 0.809. The molecule has 1 heterocycles. The van der Waals surface area contributed by atoms with E-state index in [0.717, 1.165) is 17.5 Å². The molecule has 0 radical (unpaired) electrons. The maximum atomic E-state index is 11.6. The molecule has 1 aromatic rings. The Labute approximate surface area is 93.3 Å². The maximum absolute atomic E-state index is 11.6. The van der Waals surface area contributed by atoms with Gasteiger partial charge in [0.2, 0.25) is 0 Å². The normalized spacial score (nSPS) is 18.1. The molecule has 0 fully saturated rings. The number of aryl methyl sites for hydroxylation is 1. The van der Waals surface area contributed by atoms with Gasteiger partial charge in [-0.2, -0.15) is 0 Å². The van der Waals surface area contributed by atoms with Crippen molar-refractivity contribution in [1.29, 1.82) is 0 Å². The summed E-state index contributed by atoms with van der Waals surface area (Å²) < 4.78 is 0. The van der Waals surface area contributed by atoms with Crippen LogP contribution in [0.2, 0.25) is 0 Å². The summed E-state index contributed by atoms with van der Waals surface area (Å²) in [5, 5.41) is 11.4. The molecule has 0 aromatic heterocycles. The fraction of sp³-hybridized carbons (Fsp3) is 0.333. The van der Waals surface area contributed by atoms with Gasteiger partial charge in [0, 0.05) is 5.56 Å². The fourth-order valence-electron chi connectivity index (χ4n) is 1.98. The summed E-state index contributed by atoms with van der Waals surface area (Å²) in [4.78, 5) is 22.2. The lowest BCUT2D eigenvalue weighted by atomic mass is 9.99. The van der Waals surface area contributed by atoms with Crippen molar-refractivity contribution < 1.29 is 14.7 Å². The molecule has 1 aromatic carbocycles. The van der Waals surface area contributed by atoms with Gasteiger partial charge in [0.15, 0.2) is 0 Å². The Bertz CT molecular complexity index is 452. The summed E-state index contributed by atoms with van der Waals surface area (Å²) in [5.41, 5.74) is 2.53. The van der Waals surface area contributed by atoms with E-state index in [2.05, 4.69) is 5.32 Å². The van der Waals surface area contributed by atoms with E-state index in [9.17, 15) is 9.59 Å². The Morgan fingerprint density at radius 3 is 2.88 bits per heavy atom. The summed E-state index contributed by atoms with van der Waals surface area (Å²) in [7, 11) is 0. The number of nitrogens with one attached hydrogen (secondary N) is 1. The Balaban J connectivity index is 2.38. The molecule has 2 rings (SSSR count). The molecule has 84 valence electrons. The minimum Gasteiger partial charge on any atom is -0.481 e. The number of benzene rings is 1. The van der Waals surface area contributed by atoms with Gasteiger partial charge in [0.05, 0.1) is 12.5 Å². The Morgan fingerprint density at radius 2 is 2.25 bits per heavy atom. The van der Waals surface area contributed by atoms with Crippen LogP contribution >= 0.6 is 0 Å². The minimum atomic E-state index is -0.903. The third-order valence-electron chi connectivity index (χ3n) is 2.83. The van der Waals surface area contributed by atoms with Crippen LogP contribution in [0.1, 0.15) is 40.9 Å². The summed E-state index contributed by atoms with van der Waals surface area (Å²) in [6.07, 6.45) is 0.813. The van der Waals surface area contributed by atoms with E-state index in [1.54, 1.807) is 6.07 Å². The zero-order chi connectivity index (χ0) is 11.7. The van der Waals surface area contributed by atoms with E-state index in [-0.39, 0.29) is 18.4 Å². The van der Waals surface area contributed by atoms with Crippen LogP contribution in [0, 0.1) is 0 Å². The first kappa shape index (κ1) is 10.7. The second-order valence-electron chi connectivity index (χ2n) is 3.90. The van der Waals surface area contributed by atoms with Crippen LogP contribution in [0.15, 0.2) is 18.2 Å². The number of carbonyl (C=O) groups excluding carboxylic acids is 1. The molecular formula is C12H13NO3. The molecule has 4 nitrogen and oxygen atoms in total. The molecule has 1 aliphatic rings. The Hall–Kier alpha value is -1.84. The number of carboxylic acid groups (broad SMARTS) is 1. The molecule has 1 atom stereocenters. The third-order valence-corrected chi connectivity index (χ3v) is 2.83. The Kier molecular flexibility index (Phi) is 2.64. The van der Waals surface area contributed by atoms with Crippen LogP contribution < -0.4 is 5.32 Å². The van der Waals surface area contributed by atoms with Crippen molar-refractivity contribution in [3.63, 3.8) is 0 Å². The predicted octanol–water partition coefficient (Wildman–Crippen LogP) is 1.51. The lowest BCUT2D eigenvalue weighted by Gasteiger charge is -2.09. The van der Waals surface area contributed by atoms with Gasteiger partial charge < -0.3 is 10.4 Å². The molecule has 4 heteroatoms. The van der Waals surface area contributed by atoms with Crippen molar-refractivity contribution >= 4 is 11.9 Å². The van der Waals surface area contributed by atoms with Gasteiger partial charge in [0.25, 0.3) is 5.91 Å². The van der Waals surface area contributed by atoms with E-state index in [0.29, 0.717) is 5.56 Å². The first-order chi connectivity index (χ1) is 7.61.